The van der Waals surface area contributed by atoms with Gasteiger partial charge in [0.1, 0.15) is 6.33 Å². The topological polar surface area (TPSA) is 23.5 Å². The fraction of sp³-hybridized carbons (Fsp3) is 0.200. The van der Waals surface area contributed by atoms with Crippen molar-refractivity contribution in [2.24, 2.45) is 0 Å². The molecule has 0 spiro atoms. The highest BCUT2D eigenvalue weighted by Crippen LogP contribution is 1.82. The Bertz CT molecular complexity index is 92.4. The lowest BCUT2D eigenvalue weighted by molar-refractivity contribution is -0.0301. The highest BCUT2D eigenvalue weighted by molar-refractivity contribution is 4.75. The summed E-state index contributed by atoms with van der Waals surface area (Å²) in [5, 5.41) is 9.17. The van der Waals surface area contributed by atoms with E-state index in [4.69, 9.17) is 5.21 Å². The molecule has 0 aromatic rings. The summed E-state index contributed by atoms with van der Waals surface area (Å²) in [6, 6.07) is 0. The second kappa shape index (κ2) is 4.33. The zero-order chi connectivity index (χ0) is 6.41. The van der Waals surface area contributed by atoms with Gasteiger partial charge in [-0.25, -0.2) is 4.39 Å². The lowest BCUT2D eigenvalue weighted by atomic mass is 10.6. The molecule has 0 saturated heterocycles. The summed E-state index contributed by atoms with van der Waals surface area (Å²) < 4.78 is 11.2. The van der Waals surface area contributed by atoms with Crippen LogP contribution in [0.25, 0.3) is 0 Å². The molecule has 0 rings (SSSR count). The number of hydroxylamine groups is 2. The summed E-state index contributed by atoms with van der Waals surface area (Å²) in [4.78, 5) is 0. The molecule has 0 aromatic carbocycles. The normalized spacial score (nSPS) is 9.75. The molecular formula is C5H8FNO. The zero-order valence-electron chi connectivity index (χ0n) is 4.42. The fourth-order valence-electron chi connectivity index (χ4n) is 0.258. The predicted molar refractivity (Wildman–Crippen MR) is 28.9 cm³/mol. The van der Waals surface area contributed by atoms with Gasteiger partial charge in [-0.3, -0.25) is 10.3 Å². The maximum absolute atomic E-state index is 11.2. The van der Waals surface area contributed by atoms with Crippen LogP contribution in [0, 0.1) is 0 Å². The third-order valence-corrected chi connectivity index (χ3v) is 0.545. The van der Waals surface area contributed by atoms with E-state index < -0.39 is 0 Å². The van der Waals surface area contributed by atoms with Gasteiger partial charge in [0.25, 0.3) is 0 Å². The molecule has 0 aliphatic carbocycles. The first-order valence-corrected chi connectivity index (χ1v) is 2.14. The minimum atomic E-state index is 0.237. The standard InChI is InChI=1S/C5H8FNO/c1-2-4-7(8)5-3-6/h2-3,5,8H,1,4H2/b5-3+. The van der Waals surface area contributed by atoms with Crippen molar-refractivity contribution in [3.8, 4) is 0 Å². The van der Waals surface area contributed by atoms with Crippen molar-refractivity contribution in [1.82, 2.24) is 5.06 Å². The van der Waals surface area contributed by atoms with Crippen molar-refractivity contribution < 1.29 is 9.60 Å². The van der Waals surface area contributed by atoms with Gasteiger partial charge in [-0.05, 0) is 0 Å². The highest BCUT2D eigenvalue weighted by atomic mass is 19.1. The molecular weight excluding hydrogens is 109 g/mol. The molecule has 46 valence electrons. The summed E-state index contributed by atoms with van der Waals surface area (Å²) in [5.41, 5.74) is 0. The molecule has 0 radical (unpaired) electrons. The first-order chi connectivity index (χ1) is 3.81. The minimum absolute atomic E-state index is 0.237. The van der Waals surface area contributed by atoms with Crippen LogP contribution < -0.4 is 0 Å². The molecule has 0 fully saturated rings. The quantitative estimate of drug-likeness (QED) is 0.445. The van der Waals surface area contributed by atoms with E-state index in [9.17, 15) is 4.39 Å². The molecule has 2 nitrogen and oxygen atoms in total. The summed E-state index contributed by atoms with van der Waals surface area (Å²) in [6.07, 6.45) is 2.62. The molecule has 0 aliphatic rings. The first-order valence-electron chi connectivity index (χ1n) is 2.14. The molecule has 0 atom stereocenters. The van der Waals surface area contributed by atoms with Crippen LogP contribution in [0.1, 0.15) is 0 Å². The lowest BCUT2D eigenvalue weighted by Gasteiger charge is -2.04. The van der Waals surface area contributed by atoms with Crippen LogP contribution in [0.15, 0.2) is 25.2 Å². The molecule has 0 amide bonds. The molecule has 0 aromatic heterocycles. The Balaban J connectivity index is 3.31. The molecule has 0 saturated carbocycles. The van der Waals surface area contributed by atoms with E-state index in [2.05, 4.69) is 6.58 Å². The second-order valence-electron chi connectivity index (χ2n) is 1.19. The molecule has 0 aliphatic heterocycles. The summed E-state index contributed by atoms with van der Waals surface area (Å²) >= 11 is 0. The molecule has 0 heterocycles. The molecule has 0 unspecified atom stereocenters. The Labute approximate surface area is 47.5 Å². The van der Waals surface area contributed by atoms with Crippen LogP contribution in [0.2, 0.25) is 0 Å². The maximum Gasteiger partial charge on any atom is 0.105 e. The molecule has 0 bridgehead atoms. The second-order valence-corrected chi connectivity index (χ2v) is 1.19. The van der Waals surface area contributed by atoms with Crippen LogP contribution in [0.4, 0.5) is 4.39 Å². The minimum Gasteiger partial charge on any atom is -0.289 e. The average Bonchev–Trinajstić information content (AvgIpc) is 1.68. The average molecular weight is 117 g/mol. The van der Waals surface area contributed by atoms with Crippen LogP contribution in [-0.2, 0) is 0 Å². The Hall–Kier alpha value is -0.830. The van der Waals surface area contributed by atoms with Crippen LogP contribution >= 0.6 is 0 Å². The van der Waals surface area contributed by atoms with E-state index >= 15 is 0 Å². The van der Waals surface area contributed by atoms with Crippen LogP contribution in [-0.4, -0.2) is 16.8 Å². The largest absolute Gasteiger partial charge is 0.289 e. The van der Waals surface area contributed by atoms with Crippen molar-refractivity contribution in [2.45, 2.75) is 0 Å². The summed E-state index contributed by atoms with van der Waals surface area (Å²) in [7, 11) is 0. The Morgan fingerprint density at radius 3 is 2.75 bits per heavy atom. The van der Waals surface area contributed by atoms with E-state index in [1.807, 2.05) is 0 Å². The van der Waals surface area contributed by atoms with E-state index in [0.717, 1.165) is 6.20 Å². The van der Waals surface area contributed by atoms with Crippen LogP contribution in [0.3, 0.4) is 0 Å². The van der Waals surface area contributed by atoms with Gasteiger partial charge in [0.2, 0.25) is 0 Å². The van der Waals surface area contributed by atoms with Gasteiger partial charge < -0.3 is 0 Å². The summed E-state index contributed by atoms with van der Waals surface area (Å²) in [6.45, 7) is 3.56. The Kier molecular flexibility index (Phi) is 3.88. The van der Waals surface area contributed by atoms with Crippen molar-refractivity contribution in [3.05, 3.63) is 25.2 Å². The summed E-state index contributed by atoms with van der Waals surface area (Å²) in [5.74, 6) is 0. The number of rotatable bonds is 3. The highest BCUT2D eigenvalue weighted by Gasteiger charge is 1.83. The molecule has 1 N–H and O–H groups in total. The van der Waals surface area contributed by atoms with Gasteiger partial charge in [-0.2, -0.15) is 0 Å². The molecule has 8 heavy (non-hydrogen) atoms. The van der Waals surface area contributed by atoms with Crippen molar-refractivity contribution in [3.63, 3.8) is 0 Å². The monoisotopic (exact) mass is 117 g/mol. The van der Waals surface area contributed by atoms with Gasteiger partial charge >= 0.3 is 0 Å². The number of halogens is 1. The van der Waals surface area contributed by atoms with E-state index in [1.165, 1.54) is 6.08 Å². The first kappa shape index (κ1) is 7.17. The van der Waals surface area contributed by atoms with E-state index in [1.54, 1.807) is 0 Å². The van der Waals surface area contributed by atoms with Crippen molar-refractivity contribution in [1.29, 1.82) is 0 Å². The van der Waals surface area contributed by atoms with E-state index in [0.29, 0.717) is 5.06 Å². The zero-order valence-corrected chi connectivity index (χ0v) is 4.42. The number of nitrogens with zero attached hydrogens (tertiary/aromatic N) is 1. The number of hydrogen-bond donors (Lipinski definition) is 1. The smallest absolute Gasteiger partial charge is 0.105 e. The Morgan fingerprint density at radius 2 is 2.38 bits per heavy atom. The SMILES string of the molecule is C=CCN(O)/C=C/F. The Morgan fingerprint density at radius 1 is 1.75 bits per heavy atom. The fourth-order valence-corrected chi connectivity index (χ4v) is 0.258. The van der Waals surface area contributed by atoms with Gasteiger partial charge in [-0.15, -0.1) is 6.58 Å². The maximum atomic E-state index is 11.2. The van der Waals surface area contributed by atoms with E-state index in [-0.39, 0.29) is 12.9 Å². The number of hydrogen-bond acceptors (Lipinski definition) is 2. The van der Waals surface area contributed by atoms with Gasteiger partial charge in [0.05, 0.1) is 12.7 Å². The van der Waals surface area contributed by atoms with Crippen LogP contribution in [0.5, 0.6) is 0 Å². The van der Waals surface area contributed by atoms with Crippen molar-refractivity contribution >= 4 is 0 Å². The van der Waals surface area contributed by atoms with Gasteiger partial charge in [0, 0.05) is 0 Å². The molecule has 3 heteroatoms. The third kappa shape index (κ3) is 3.36. The lowest BCUT2D eigenvalue weighted by Crippen LogP contribution is -2.09. The third-order valence-electron chi connectivity index (χ3n) is 0.545. The predicted octanol–water partition coefficient (Wildman–Crippen LogP) is 1.30. The van der Waals surface area contributed by atoms with Gasteiger partial charge in [-0.1, -0.05) is 6.08 Å². The van der Waals surface area contributed by atoms with Gasteiger partial charge in [0.15, 0.2) is 0 Å². The van der Waals surface area contributed by atoms with Crippen molar-refractivity contribution in [2.75, 3.05) is 6.54 Å².